The van der Waals surface area contributed by atoms with Crippen LogP contribution >= 0.6 is 11.3 Å². The smallest absolute Gasteiger partial charge is 0.321 e. The van der Waals surface area contributed by atoms with Crippen LogP contribution in [0.3, 0.4) is 0 Å². The van der Waals surface area contributed by atoms with Gasteiger partial charge in [-0.3, -0.25) is 10.1 Å². The number of fused-ring (bicyclic) bond motifs is 2. The minimum absolute atomic E-state index is 0.0209. The molecule has 1 saturated carbocycles. The molecule has 5 rings (SSSR count). The lowest BCUT2D eigenvalue weighted by atomic mass is 9.91. The maximum Gasteiger partial charge on any atom is 0.321 e. The highest BCUT2D eigenvalue weighted by Crippen LogP contribution is 2.30. The van der Waals surface area contributed by atoms with Crippen LogP contribution in [0.5, 0.6) is 0 Å². The molecule has 0 bridgehead atoms. The number of anilines is 1. The van der Waals surface area contributed by atoms with Gasteiger partial charge in [-0.2, -0.15) is 5.10 Å². The summed E-state index contributed by atoms with van der Waals surface area (Å²) in [5.74, 6) is 0. The molecule has 3 aliphatic carbocycles. The quantitative estimate of drug-likeness (QED) is 0.807. The highest BCUT2D eigenvalue weighted by molar-refractivity contribution is 7.15. The third-order valence-corrected chi connectivity index (χ3v) is 7.50. The minimum atomic E-state index is -0.174. The van der Waals surface area contributed by atoms with Crippen molar-refractivity contribution in [1.82, 2.24) is 20.1 Å². The lowest BCUT2D eigenvalue weighted by Crippen LogP contribution is -2.41. The molecule has 3 aliphatic rings. The molecule has 0 aliphatic heterocycles. The van der Waals surface area contributed by atoms with Crippen LogP contribution in [0.4, 0.5) is 9.93 Å². The summed E-state index contributed by atoms with van der Waals surface area (Å²) < 4.78 is 1.69. The molecule has 1 fully saturated rings. The Labute approximate surface area is 173 Å². The van der Waals surface area contributed by atoms with Crippen LogP contribution in [0.1, 0.15) is 72.8 Å². The molecule has 29 heavy (non-hydrogen) atoms. The Kier molecular flexibility index (Phi) is 5.11. The van der Waals surface area contributed by atoms with Crippen LogP contribution in [-0.4, -0.2) is 26.8 Å². The fraction of sp³-hybridized carbons (Fsp3) is 0.619. The van der Waals surface area contributed by atoms with Crippen LogP contribution in [-0.2, 0) is 25.7 Å². The number of urea groups is 1. The Morgan fingerprint density at radius 2 is 1.83 bits per heavy atom. The van der Waals surface area contributed by atoms with Gasteiger partial charge in [0.15, 0.2) is 5.13 Å². The number of nitrogens with one attached hydrogen (secondary N) is 2. The van der Waals surface area contributed by atoms with Gasteiger partial charge in [-0.1, -0.05) is 0 Å². The largest absolute Gasteiger partial charge is 0.335 e. The van der Waals surface area contributed by atoms with E-state index in [-0.39, 0.29) is 23.7 Å². The molecule has 2 heterocycles. The molecule has 0 saturated heterocycles. The van der Waals surface area contributed by atoms with E-state index in [0.29, 0.717) is 5.13 Å². The van der Waals surface area contributed by atoms with E-state index in [1.165, 1.54) is 17.7 Å². The topological polar surface area (TPSA) is 88.9 Å². The second-order valence-electron chi connectivity index (χ2n) is 8.45. The Hall–Kier alpha value is -2.22. The van der Waals surface area contributed by atoms with Gasteiger partial charge in [-0.25, -0.2) is 14.5 Å². The Morgan fingerprint density at radius 3 is 2.66 bits per heavy atom. The second-order valence-corrected chi connectivity index (χ2v) is 9.54. The molecule has 2 N–H and O–H groups in total. The van der Waals surface area contributed by atoms with Gasteiger partial charge in [0.05, 0.1) is 17.4 Å². The number of amides is 2. The maximum absolute atomic E-state index is 12.4. The third kappa shape index (κ3) is 3.95. The number of carbonyl (C=O) groups excluding carboxylic acids is 1. The number of aryl methyl sites for hydroxylation is 4. The van der Waals surface area contributed by atoms with Crippen molar-refractivity contribution >= 4 is 22.5 Å². The van der Waals surface area contributed by atoms with Gasteiger partial charge in [-0.15, -0.1) is 11.3 Å². The van der Waals surface area contributed by atoms with Gasteiger partial charge >= 0.3 is 6.03 Å². The van der Waals surface area contributed by atoms with E-state index < -0.39 is 0 Å². The summed E-state index contributed by atoms with van der Waals surface area (Å²) in [5.41, 5.74) is 3.40. The zero-order valence-corrected chi connectivity index (χ0v) is 17.4. The Bertz CT molecular complexity index is 950. The molecule has 7 nitrogen and oxygen atoms in total. The standard InChI is InChI=1S/C21H27N5O2S/c27-19-12-13-4-3-6-16(13)25-26(19)15-10-8-14(9-11-15)22-20(28)24-21-23-17-5-1-2-7-18(17)29-21/h12,14-15H,1-11H2,(H2,22,23,24,28). The summed E-state index contributed by atoms with van der Waals surface area (Å²) in [5, 5.41) is 11.4. The van der Waals surface area contributed by atoms with Crippen molar-refractivity contribution < 1.29 is 4.79 Å². The summed E-state index contributed by atoms with van der Waals surface area (Å²) in [4.78, 5) is 30.7. The van der Waals surface area contributed by atoms with Gasteiger partial charge < -0.3 is 5.32 Å². The molecule has 0 atom stereocenters. The SMILES string of the molecule is O=C(Nc1nc2c(s1)CCCC2)NC1CCC(n2nc3c(cc2=O)CCC3)CC1. The first-order chi connectivity index (χ1) is 14.2. The molecule has 8 heteroatoms. The molecule has 0 unspecified atom stereocenters. The van der Waals surface area contributed by atoms with E-state index in [0.717, 1.165) is 74.7 Å². The first-order valence-corrected chi connectivity index (χ1v) is 11.6. The van der Waals surface area contributed by atoms with Crippen LogP contribution in [0.2, 0.25) is 0 Å². The Balaban J connectivity index is 1.16. The number of carbonyl (C=O) groups is 1. The van der Waals surface area contributed by atoms with E-state index in [1.54, 1.807) is 22.1 Å². The van der Waals surface area contributed by atoms with E-state index >= 15 is 0 Å². The summed E-state index contributed by atoms with van der Waals surface area (Å²) in [6.45, 7) is 0. The minimum Gasteiger partial charge on any atom is -0.335 e. The van der Waals surface area contributed by atoms with Gasteiger partial charge in [0.1, 0.15) is 0 Å². The summed E-state index contributed by atoms with van der Waals surface area (Å²) in [6, 6.07) is 1.87. The highest BCUT2D eigenvalue weighted by Gasteiger charge is 2.26. The maximum atomic E-state index is 12.4. The number of hydrogen-bond acceptors (Lipinski definition) is 5. The molecule has 0 radical (unpaired) electrons. The van der Waals surface area contributed by atoms with Crippen molar-refractivity contribution in [2.45, 2.75) is 82.7 Å². The van der Waals surface area contributed by atoms with Crippen molar-refractivity contribution in [1.29, 1.82) is 0 Å². The normalized spacial score (nSPS) is 23.3. The van der Waals surface area contributed by atoms with E-state index in [2.05, 4.69) is 20.7 Å². The van der Waals surface area contributed by atoms with Crippen LogP contribution in [0, 0.1) is 0 Å². The molecule has 2 aromatic rings. The fourth-order valence-electron chi connectivity index (χ4n) is 4.87. The summed E-state index contributed by atoms with van der Waals surface area (Å²) in [6.07, 6.45) is 11.0. The number of hydrogen-bond donors (Lipinski definition) is 2. The molecular weight excluding hydrogens is 386 g/mol. The van der Waals surface area contributed by atoms with Crippen molar-refractivity contribution in [3.63, 3.8) is 0 Å². The lowest BCUT2D eigenvalue weighted by Gasteiger charge is -2.29. The van der Waals surface area contributed by atoms with Gasteiger partial charge in [-0.05, 0) is 76.2 Å². The average Bonchev–Trinajstić information content (AvgIpc) is 3.33. The summed E-state index contributed by atoms with van der Waals surface area (Å²) >= 11 is 1.61. The summed E-state index contributed by atoms with van der Waals surface area (Å²) in [7, 11) is 0. The van der Waals surface area contributed by atoms with Crippen LogP contribution in [0.15, 0.2) is 10.9 Å². The van der Waals surface area contributed by atoms with Crippen molar-refractivity contribution in [3.8, 4) is 0 Å². The zero-order chi connectivity index (χ0) is 19.8. The molecule has 2 aromatic heterocycles. The zero-order valence-electron chi connectivity index (χ0n) is 16.6. The van der Waals surface area contributed by atoms with Gasteiger partial charge in [0.2, 0.25) is 0 Å². The number of nitrogens with zero attached hydrogens (tertiary/aromatic N) is 3. The lowest BCUT2D eigenvalue weighted by molar-refractivity contribution is 0.234. The van der Waals surface area contributed by atoms with Crippen LogP contribution < -0.4 is 16.2 Å². The first-order valence-electron chi connectivity index (χ1n) is 10.8. The predicted molar refractivity (Wildman–Crippen MR) is 113 cm³/mol. The molecule has 0 aromatic carbocycles. The van der Waals surface area contributed by atoms with Crippen LogP contribution in [0.25, 0.3) is 0 Å². The monoisotopic (exact) mass is 413 g/mol. The molecule has 0 spiro atoms. The van der Waals surface area contributed by atoms with Gasteiger partial charge in [0, 0.05) is 17.0 Å². The number of thiazole rings is 1. The van der Waals surface area contributed by atoms with E-state index in [1.807, 2.05) is 0 Å². The van der Waals surface area contributed by atoms with Gasteiger partial charge in [0.25, 0.3) is 5.56 Å². The third-order valence-electron chi connectivity index (χ3n) is 6.43. The van der Waals surface area contributed by atoms with E-state index in [9.17, 15) is 9.59 Å². The average molecular weight is 414 g/mol. The van der Waals surface area contributed by atoms with Crippen molar-refractivity contribution in [2.75, 3.05) is 5.32 Å². The van der Waals surface area contributed by atoms with E-state index in [4.69, 9.17) is 0 Å². The second kappa shape index (κ2) is 7.89. The first kappa shape index (κ1) is 18.8. The molecular formula is C21H27N5O2S. The van der Waals surface area contributed by atoms with Crippen molar-refractivity contribution in [3.05, 3.63) is 38.2 Å². The Morgan fingerprint density at radius 1 is 1.03 bits per heavy atom. The molecule has 154 valence electrons. The number of aromatic nitrogens is 3. The fourth-order valence-corrected chi connectivity index (χ4v) is 5.91. The van der Waals surface area contributed by atoms with Crippen molar-refractivity contribution in [2.24, 2.45) is 0 Å². The number of rotatable bonds is 3. The predicted octanol–water partition coefficient (Wildman–Crippen LogP) is 3.37. The highest BCUT2D eigenvalue weighted by atomic mass is 32.1. The molecule has 2 amide bonds.